The predicted octanol–water partition coefficient (Wildman–Crippen LogP) is 2.22. The lowest BCUT2D eigenvalue weighted by Crippen LogP contribution is -2.53. The summed E-state index contributed by atoms with van der Waals surface area (Å²) in [5.74, 6) is 1.53. The van der Waals surface area contributed by atoms with Gasteiger partial charge in [-0.1, -0.05) is 6.92 Å². The summed E-state index contributed by atoms with van der Waals surface area (Å²) in [5.41, 5.74) is 0.892. The number of carbonyl (C=O) groups is 2. The molecule has 2 aliphatic heterocycles. The molecule has 0 radical (unpaired) electrons. The van der Waals surface area contributed by atoms with Crippen molar-refractivity contribution in [2.24, 2.45) is 11.8 Å². The Morgan fingerprint density at radius 3 is 2.62 bits per heavy atom. The van der Waals surface area contributed by atoms with E-state index in [9.17, 15) is 9.59 Å². The van der Waals surface area contributed by atoms with Gasteiger partial charge in [0.2, 0.25) is 11.8 Å². The number of aromatic nitrogens is 2. The number of hydrogen-bond donors (Lipinski definition) is 0. The lowest BCUT2D eigenvalue weighted by molar-refractivity contribution is -0.143. The molecule has 3 aliphatic rings. The van der Waals surface area contributed by atoms with Crippen LogP contribution >= 0.6 is 0 Å². The Morgan fingerprint density at radius 2 is 1.96 bits per heavy atom. The Kier molecular flexibility index (Phi) is 4.06. The number of likely N-dealkylation sites (tertiary alicyclic amines) is 1. The molecule has 0 atom stereocenters. The predicted molar refractivity (Wildman–Crippen MR) is 90.6 cm³/mol. The average Bonchev–Trinajstić information content (AvgIpc) is 3.15. The van der Waals surface area contributed by atoms with Gasteiger partial charge in [-0.3, -0.25) is 14.3 Å². The fourth-order valence-electron chi connectivity index (χ4n) is 4.16. The third-order valence-electron chi connectivity index (χ3n) is 5.89. The van der Waals surface area contributed by atoms with Gasteiger partial charge in [0.25, 0.3) is 0 Å². The molecule has 3 heterocycles. The van der Waals surface area contributed by atoms with Crippen molar-refractivity contribution in [1.82, 2.24) is 14.7 Å². The van der Waals surface area contributed by atoms with Crippen LogP contribution in [0.5, 0.6) is 0 Å². The molecule has 4 rings (SSSR count). The summed E-state index contributed by atoms with van der Waals surface area (Å²) in [6, 6.07) is 0.253. The van der Waals surface area contributed by atoms with Gasteiger partial charge in [-0.2, -0.15) is 5.10 Å². The molecule has 1 aromatic rings. The smallest absolute Gasteiger partial charge is 0.227 e. The molecular weight excluding hydrogens is 304 g/mol. The van der Waals surface area contributed by atoms with Gasteiger partial charge in [0.05, 0.1) is 17.9 Å². The normalized spacial score (nSPS) is 28.3. The summed E-state index contributed by atoms with van der Waals surface area (Å²) in [4.78, 5) is 28.2. The zero-order valence-electron chi connectivity index (χ0n) is 14.4. The third-order valence-corrected chi connectivity index (χ3v) is 5.89. The summed E-state index contributed by atoms with van der Waals surface area (Å²) in [7, 11) is 0. The van der Waals surface area contributed by atoms with Gasteiger partial charge >= 0.3 is 0 Å². The minimum absolute atomic E-state index is 0.187. The molecule has 2 saturated heterocycles. The van der Waals surface area contributed by atoms with Crippen LogP contribution in [0.4, 0.5) is 5.69 Å². The molecule has 2 amide bonds. The average molecular weight is 330 g/mol. The molecule has 3 fully saturated rings. The van der Waals surface area contributed by atoms with Crippen LogP contribution < -0.4 is 4.90 Å². The van der Waals surface area contributed by atoms with Gasteiger partial charge in [0, 0.05) is 38.2 Å². The minimum Gasteiger partial charge on any atom is -0.338 e. The van der Waals surface area contributed by atoms with Crippen molar-refractivity contribution in [3.8, 4) is 0 Å². The third kappa shape index (κ3) is 2.82. The number of amides is 2. The van der Waals surface area contributed by atoms with Crippen LogP contribution in [0.15, 0.2) is 12.4 Å². The van der Waals surface area contributed by atoms with Crippen molar-refractivity contribution >= 4 is 17.5 Å². The van der Waals surface area contributed by atoms with E-state index in [4.69, 9.17) is 0 Å². The second-order valence-corrected chi connectivity index (χ2v) is 7.68. The van der Waals surface area contributed by atoms with E-state index in [-0.39, 0.29) is 17.9 Å². The van der Waals surface area contributed by atoms with Crippen LogP contribution in [0, 0.1) is 11.8 Å². The summed E-state index contributed by atoms with van der Waals surface area (Å²) >= 11 is 0. The zero-order valence-corrected chi connectivity index (χ0v) is 14.4. The Bertz CT molecular complexity index is 627. The van der Waals surface area contributed by atoms with Gasteiger partial charge in [-0.15, -0.1) is 0 Å². The van der Waals surface area contributed by atoms with E-state index in [2.05, 4.69) is 12.0 Å². The highest BCUT2D eigenvalue weighted by Gasteiger charge is 2.37. The molecule has 0 unspecified atom stereocenters. The molecule has 1 aromatic heterocycles. The van der Waals surface area contributed by atoms with E-state index >= 15 is 0 Å². The Morgan fingerprint density at radius 1 is 1.21 bits per heavy atom. The van der Waals surface area contributed by atoms with Gasteiger partial charge in [-0.05, 0) is 38.0 Å². The SMILES string of the molecule is CC1CCC(C(=O)N2CC(n3cc(N4CCCC4=O)cn3)C2)CC1. The lowest BCUT2D eigenvalue weighted by Gasteiger charge is -2.42. The van der Waals surface area contributed by atoms with Crippen LogP contribution in [0.3, 0.4) is 0 Å². The lowest BCUT2D eigenvalue weighted by atomic mass is 9.82. The molecule has 130 valence electrons. The molecule has 24 heavy (non-hydrogen) atoms. The quantitative estimate of drug-likeness (QED) is 0.854. The Labute approximate surface area is 142 Å². The fourth-order valence-corrected chi connectivity index (χ4v) is 4.16. The summed E-state index contributed by atoms with van der Waals surface area (Å²) in [5, 5.41) is 4.42. The standard InChI is InChI=1S/C18H26N4O2/c1-13-4-6-14(7-5-13)18(24)20-10-16(11-20)22-12-15(9-19-22)21-8-2-3-17(21)23/h9,12-14,16H,2-8,10-11H2,1H3. The highest BCUT2D eigenvalue weighted by molar-refractivity contribution is 5.95. The highest BCUT2D eigenvalue weighted by Crippen LogP contribution is 2.32. The Hall–Kier alpha value is -1.85. The molecule has 6 heteroatoms. The van der Waals surface area contributed by atoms with Crippen LogP contribution in [-0.4, -0.2) is 46.1 Å². The van der Waals surface area contributed by atoms with E-state index in [1.54, 1.807) is 6.20 Å². The van der Waals surface area contributed by atoms with E-state index in [1.807, 2.05) is 20.7 Å². The number of rotatable bonds is 3. The van der Waals surface area contributed by atoms with E-state index in [1.165, 1.54) is 12.8 Å². The minimum atomic E-state index is 0.187. The molecule has 0 N–H and O–H groups in total. The monoisotopic (exact) mass is 330 g/mol. The maximum absolute atomic E-state index is 12.6. The van der Waals surface area contributed by atoms with Crippen molar-refractivity contribution in [2.75, 3.05) is 24.5 Å². The van der Waals surface area contributed by atoms with E-state index < -0.39 is 0 Å². The second kappa shape index (κ2) is 6.22. The second-order valence-electron chi connectivity index (χ2n) is 7.68. The topological polar surface area (TPSA) is 58.4 Å². The van der Waals surface area contributed by atoms with Crippen LogP contribution in [0.25, 0.3) is 0 Å². The number of hydrogen-bond acceptors (Lipinski definition) is 3. The number of nitrogens with zero attached hydrogens (tertiary/aromatic N) is 4. The van der Waals surface area contributed by atoms with Crippen LogP contribution in [0.2, 0.25) is 0 Å². The zero-order chi connectivity index (χ0) is 16.7. The number of carbonyl (C=O) groups excluding carboxylic acids is 2. The number of anilines is 1. The molecule has 6 nitrogen and oxygen atoms in total. The van der Waals surface area contributed by atoms with Gasteiger partial charge in [0.1, 0.15) is 0 Å². The summed E-state index contributed by atoms with van der Waals surface area (Å²) < 4.78 is 1.92. The maximum atomic E-state index is 12.6. The molecule has 0 aromatic carbocycles. The van der Waals surface area contributed by atoms with E-state index in [0.717, 1.165) is 50.5 Å². The van der Waals surface area contributed by atoms with Crippen molar-refractivity contribution in [2.45, 2.75) is 51.5 Å². The first-order chi connectivity index (χ1) is 11.6. The maximum Gasteiger partial charge on any atom is 0.227 e. The molecule has 0 bridgehead atoms. The van der Waals surface area contributed by atoms with E-state index in [0.29, 0.717) is 12.3 Å². The first-order valence-corrected chi connectivity index (χ1v) is 9.25. The fraction of sp³-hybridized carbons (Fsp3) is 0.722. The first kappa shape index (κ1) is 15.7. The molecule has 1 saturated carbocycles. The van der Waals surface area contributed by atoms with Gasteiger partial charge in [-0.25, -0.2) is 0 Å². The van der Waals surface area contributed by atoms with Gasteiger partial charge in [0.15, 0.2) is 0 Å². The molecular formula is C18H26N4O2. The first-order valence-electron chi connectivity index (χ1n) is 9.25. The van der Waals surface area contributed by atoms with Crippen molar-refractivity contribution in [3.05, 3.63) is 12.4 Å². The molecule has 0 spiro atoms. The van der Waals surface area contributed by atoms with Crippen molar-refractivity contribution < 1.29 is 9.59 Å². The largest absolute Gasteiger partial charge is 0.338 e. The molecule has 1 aliphatic carbocycles. The van der Waals surface area contributed by atoms with Crippen molar-refractivity contribution in [3.63, 3.8) is 0 Å². The van der Waals surface area contributed by atoms with Crippen LogP contribution in [0.1, 0.15) is 51.5 Å². The summed E-state index contributed by atoms with van der Waals surface area (Å²) in [6.07, 6.45) is 9.75. The highest BCUT2D eigenvalue weighted by atomic mass is 16.2. The van der Waals surface area contributed by atoms with Crippen LogP contribution in [-0.2, 0) is 9.59 Å². The van der Waals surface area contributed by atoms with Gasteiger partial charge < -0.3 is 9.80 Å². The Balaban J connectivity index is 1.32. The van der Waals surface area contributed by atoms with Crippen molar-refractivity contribution in [1.29, 1.82) is 0 Å². The summed E-state index contributed by atoms with van der Waals surface area (Å²) in [6.45, 7) is 4.57.